The highest BCUT2D eigenvalue weighted by molar-refractivity contribution is 9.10. The summed E-state index contributed by atoms with van der Waals surface area (Å²) in [6.45, 7) is -0.860. The van der Waals surface area contributed by atoms with Gasteiger partial charge in [-0.25, -0.2) is 4.39 Å². The van der Waals surface area contributed by atoms with Crippen LogP contribution >= 0.6 is 15.9 Å². The highest BCUT2D eigenvalue weighted by Gasteiger charge is 2.18. The first-order valence-corrected chi connectivity index (χ1v) is 5.08. The standard InChI is InChI=1S/C10H12BrFO3/c1-14-6-3-7(11)10(8(13)5-12)9(4-6)15-2/h3-4,8,13H,5H2,1-2H3. The van der Waals surface area contributed by atoms with E-state index in [1.807, 2.05) is 0 Å². The van der Waals surface area contributed by atoms with E-state index in [4.69, 9.17) is 9.47 Å². The van der Waals surface area contributed by atoms with Gasteiger partial charge in [0.1, 0.15) is 24.3 Å². The van der Waals surface area contributed by atoms with Crippen molar-refractivity contribution in [3.63, 3.8) is 0 Å². The van der Waals surface area contributed by atoms with Crippen LogP contribution in [0.4, 0.5) is 4.39 Å². The smallest absolute Gasteiger partial charge is 0.129 e. The average molecular weight is 279 g/mol. The van der Waals surface area contributed by atoms with Crippen LogP contribution in [0, 0.1) is 0 Å². The maximum atomic E-state index is 12.4. The fourth-order valence-corrected chi connectivity index (χ4v) is 1.94. The van der Waals surface area contributed by atoms with Gasteiger partial charge in [-0.15, -0.1) is 0 Å². The predicted molar refractivity (Wildman–Crippen MR) is 58.2 cm³/mol. The van der Waals surface area contributed by atoms with Gasteiger partial charge in [0.2, 0.25) is 0 Å². The predicted octanol–water partition coefficient (Wildman–Crippen LogP) is 2.47. The molecule has 3 nitrogen and oxygen atoms in total. The van der Waals surface area contributed by atoms with Gasteiger partial charge in [0.15, 0.2) is 0 Å². The van der Waals surface area contributed by atoms with E-state index in [0.717, 1.165) is 0 Å². The van der Waals surface area contributed by atoms with Crippen LogP contribution in [0.5, 0.6) is 11.5 Å². The number of methoxy groups -OCH3 is 2. The van der Waals surface area contributed by atoms with E-state index in [1.165, 1.54) is 14.2 Å². The summed E-state index contributed by atoms with van der Waals surface area (Å²) in [5.41, 5.74) is 0.390. The molecule has 1 aromatic carbocycles. The molecule has 0 aliphatic heterocycles. The van der Waals surface area contributed by atoms with Crippen molar-refractivity contribution in [2.75, 3.05) is 20.9 Å². The third-order valence-electron chi connectivity index (χ3n) is 2.00. The first kappa shape index (κ1) is 12.3. The Morgan fingerprint density at radius 2 is 2.07 bits per heavy atom. The number of halogens is 2. The second-order valence-electron chi connectivity index (χ2n) is 2.90. The van der Waals surface area contributed by atoms with Crippen LogP contribution in [0.25, 0.3) is 0 Å². The molecule has 0 amide bonds. The van der Waals surface area contributed by atoms with Crippen LogP contribution in [0.15, 0.2) is 16.6 Å². The first-order valence-electron chi connectivity index (χ1n) is 4.29. The zero-order valence-electron chi connectivity index (χ0n) is 8.46. The quantitative estimate of drug-likeness (QED) is 0.920. The fraction of sp³-hybridized carbons (Fsp3) is 0.400. The number of aliphatic hydroxyl groups excluding tert-OH is 1. The fourth-order valence-electron chi connectivity index (χ4n) is 1.26. The molecule has 0 aromatic heterocycles. The van der Waals surface area contributed by atoms with E-state index < -0.39 is 12.8 Å². The number of ether oxygens (including phenoxy) is 2. The summed E-state index contributed by atoms with van der Waals surface area (Å²) < 4.78 is 23.0. The molecule has 1 atom stereocenters. The van der Waals surface area contributed by atoms with Crippen LogP contribution < -0.4 is 9.47 Å². The van der Waals surface area contributed by atoms with Gasteiger partial charge in [-0.05, 0) is 6.07 Å². The Bertz CT molecular complexity index is 344. The van der Waals surface area contributed by atoms with Crippen LogP contribution in [0.3, 0.4) is 0 Å². The third-order valence-corrected chi connectivity index (χ3v) is 2.66. The first-order chi connectivity index (χ1) is 7.13. The van der Waals surface area contributed by atoms with Crippen LogP contribution in [0.2, 0.25) is 0 Å². The van der Waals surface area contributed by atoms with Crippen molar-refractivity contribution >= 4 is 15.9 Å². The van der Waals surface area contributed by atoms with E-state index in [2.05, 4.69) is 15.9 Å². The van der Waals surface area contributed by atoms with E-state index >= 15 is 0 Å². The number of hydrogen-bond acceptors (Lipinski definition) is 3. The summed E-state index contributed by atoms with van der Waals surface area (Å²) in [7, 11) is 2.97. The van der Waals surface area contributed by atoms with Crippen molar-refractivity contribution < 1.29 is 19.0 Å². The highest BCUT2D eigenvalue weighted by atomic mass is 79.9. The van der Waals surface area contributed by atoms with Gasteiger partial charge in [-0.3, -0.25) is 0 Å². The normalized spacial score (nSPS) is 12.3. The van der Waals surface area contributed by atoms with Crippen molar-refractivity contribution in [1.29, 1.82) is 0 Å². The molecule has 0 fully saturated rings. The number of hydrogen-bond donors (Lipinski definition) is 1. The molecule has 1 aromatic rings. The third kappa shape index (κ3) is 2.60. The van der Waals surface area contributed by atoms with Gasteiger partial charge in [-0.1, -0.05) is 15.9 Å². The molecule has 0 saturated heterocycles. The van der Waals surface area contributed by atoms with Gasteiger partial charge < -0.3 is 14.6 Å². The molecule has 1 N–H and O–H groups in total. The van der Waals surface area contributed by atoms with Crippen molar-refractivity contribution in [1.82, 2.24) is 0 Å². The Hall–Kier alpha value is -0.810. The minimum Gasteiger partial charge on any atom is -0.497 e. The minimum atomic E-state index is -1.19. The molecule has 0 aliphatic rings. The zero-order valence-corrected chi connectivity index (χ0v) is 10.0. The highest BCUT2D eigenvalue weighted by Crippen LogP contribution is 2.36. The van der Waals surface area contributed by atoms with Crippen molar-refractivity contribution in [3.05, 3.63) is 22.2 Å². The van der Waals surface area contributed by atoms with Crippen molar-refractivity contribution in [3.8, 4) is 11.5 Å². The number of rotatable bonds is 4. The van der Waals surface area contributed by atoms with E-state index in [9.17, 15) is 9.50 Å². The summed E-state index contributed by atoms with van der Waals surface area (Å²) in [4.78, 5) is 0. The largest absolute Gasteiger partial charge is 0.497 e. The lowest BCUT2D eigenvalue weighted by Crippen LogP contribution is -2.04. The molecule has 15 heavy (non-hydrogen) atoms. The Morgan fingerprint density at radius 1 is 1.40 bits per heavy atom. The van der Waals surface area contributed by atoms with Crippen molar-refractivity contribution in [2.24, 2.45) is 0 Å². The molecule has 0 spiro atoms. The molecule has 84 valence electrons. The Morgan fingerprint density at radius 3 is 2.53 bits per heavy atom. The van der Waals surface area contributed by atoms with Gasteiger partial charge in [0.25, 0.3) is 0 Å². The molecule has 1 rings (SSSR count). The van der Waals surface area contributed by atoms with Gasteiger partial charge in [0, 0.05) is 16.1 Å². The van der Waals surface area contributed by atoms with Crippen LogP contribution in [-0.2, 0) is 0 Å². The van der Waals surface area contributed by atoms with E-state index in [-0.39, 0.29) is 0 Å². The summed E-state index contributed by atoms with van der Waals surface area (Å²) >= 11 is 3.23. The molecule has 0 aliphatic carbocycles. The molecule has 0 bridgehead atoms. The van der Waals surface area contributed by atoms with Crippen LogP contribution in [-0.4, -0.2) is 26.0 Å². The minimum absolute atomic E-state index is 0.390. The summed E-state index contributed by atoms with van der Waals surface area (Å²) in [6.07, 6.45) is -1.19. The lowest BCUT2D eigenvalue weighted by Gasteiger charge is -2.15. The second kappa shape index (κ2) is 5.32. The topological polar surface area (TPSA) is 38.7 Å². The van der Waals surface area contributed by atoms with E-state index in [0.29, 0.717) is 21.5 Å². The molecular formula is C10H12BrFO3. The monoisotopic (exact) mass is 278 g/mol. The van der Waals surface area contributed by atoms with Crippen LogP contribution in [0.1, 0.15) is 11.7 Å². The SMILES string of the molecule is COc1cc(Br)c(C(O)CF)c(OC)c1. The molecular weight excluding hydrogens is 267 g/mol. The Labute approximate surface area is 95.9 Å². The Kier molecular flexibility index (Phi) is 4.35. The van der Waals surface area contributed by atoms with Gasteiger partial charge in [0.05, 0.1) is 14.2 Å². The van der Waals surface area contributed by atoms with E-state index in [1.54, 1.807) is 12.1 Å². The summed E-state index contributed by atoms with van der Waals surface area (Å²) in [6, 6.07) is 3.25. The second-order valence-corrected chi connectivity index (χ2v) is 3.75. The lowest BCUT2D eigenvalue weighted by molar-refractivity contribution is 0.137. The zero-order chi connectivity index (χ0) is 11.4. The maximum Gasteiger partial charge on any atom is 0.129 e. The average Bonchev–Trinajstić information content (AvgIpc) is 2.26. The molecule has 0 saturated carbocycles. The molecule has 0 radical (unpaired) electrons. The maximum absolute atomic E-state index is 12.4. The summed E-state index contributed by atoms with van der Waals surface area (Å²) in [5, 5.41) is 9.46. The Balaban J connectivity index is 3.24. The lowest BCUT2D eigenvalue weighted by atomic mass is 10.1. The molecule has 0 heterocycles. The molecule has 1 unspecified atom stereocenters. The van der Waals surface area contributed by atoms with Gasteiger partial charge in [-0.2, -0.15) is 0 Å². The molecule has 5 heteroatoms. The summed E-state index contributed by atoms with van der Waals surface area (Å²) in [5.74, 6) is 0.972. The number of aliphatic hydroxyl groups is 1. The van der Waals surface area contributed by atoms with Crippen molar-refractivity contribution in [2.45, 2.75) is 6.10 Å². The number of alkyl halides is 1. The number of benzene rings is 1. The van der Waals surface area contributed by atoms with Gasteiger partial charge >= 0.3 is 0 Å².